The molecule has 0 fully saturated rings. The average molecular weight is 445 g/mol. The molecule has 0 aliphatic heterocycles. The Morgan fingerprint density at radius 1 is 1.03 bits per heavy atom. The number of nitrogens with zero attached hydrogens (tertiary/aromatic N) is 2. The fourth-order valence-corrected chi connectivity index (χ4v) is 3.70. The van der Waals surface area contributed by atoms with Gasteiger partial charge in [0.25, 0.3) is 11.8 Å². The van der Waals surface area contributed by atoms with Gasteiger partial charge in [-0.25, -0.2) is 9.37 Å². The molecular formula is C26H25FN4O2. The lowest BCUT2D eigenvalue weighted by Gasteiger charge is -2.20. The van der Waals surface area contributed by atoms with Crippen LogP contribution in [0.2, 0.25) is 0 Å². The third-order valence-corrected chi connectivity index (χ3v) is 5.16. The van der Waals surface area contributed by atoms with E-state index in [9.17, 15) is 14.0 Å². The second kappa shape index (κ2) is 8.50. The van der Waals surface area contributed by atoms with Crippen LogP contribution in [0.5, 0.6) is 0 Å². The Hall–Kier alpha value is -4.00. The molecular weight excluding hydrogens is 419 g/mol. The van der Waals surface area contributed by atoms with Gasteiger partial charge in [0.2, 0.25) is 0 Å². The smallest absolute Gasteiger partial charge is 0.267 e. The number of nitrogens with two attached hydrogens (primary N) is 1. The van der Waals surface area contributed by atoms with Gasteiger partial charge in [0.15, 0.2) is 0 Å². The first kappa shape index (κ1) is 22.2. The lowest BCUT2D eigenvalue weighted by Crippen LogP contribution is -2.40. The fourth-order valence-electron chi connectivity index (χ4n) is 3.70. The lowest BCUT2D eigenvalue weighted by atomic mass is 10.0. The summed E-state index contributed by atoms with van der Waals surface area (Å²) >= 11 is 0. The van der Waals surface area contributed by atoms with Crippen molar-refractivity contribution in [2.75, 3.05) is 0 Å². The summed E-state index contributed by atoms with van der Waals surface area (Å²) in [6, 6.07) is 17.0. The van der Waals surface area contributed by atoms with Crippen LogP contribution in [0.1, 0.15) is 52.9 Å². The summed E-state index contributed by atoms with van der Waals surface area (Å²) in [6.07, 6.45) is 2.13. The predicted molar refractivity (Wildman–Crippen MR) is 126 cm³/mol. The Kier molecular flexibility index (Phi) is 5.72. The number of amides is 2. The standard InChI is InChI=1S/C26H25FN4O2/c1-26(2,3)30-25(33)18-6-4-5-17(14-18)19-9-12-22-29-21(23(24(28)32)31(22)15-19)13-16-7-10-20(27)11-8-16/h4-12,14-15H,13H2,1-3H3,(H2,28,32)(H,30,33). The molecule has 3 N–H and O–H groups in total. The molecule has 0 aliphatic rings. The summed E-state index contributed by atoms with van der Waals surface area (Å²) in [5.74, 6) is -1.09. The molecule has 2 amide bonds. The Balaban J connectivity index is 1.73. The third-order valence-electron chi connectivity index (χ3n) is 5.16. The Bertz CT molecular complexity index is 1350. The highest BCUT2D eigenvalue weighted by atomic mass is 19.1. The molecule has 0 atom stereocenters. The zero-order valence-electron chi connectivity index (χ0n) is 18.7. The number of fused-ring (bicyclic) bond motifs is 1. The minimum Gasteiger partial charge on any atom is -0.364 e. The molecule has 0 saturated carbocycles. The van der Waals surface area contributed by atoms with E-state index in [-0.39, 0.29) is 23.0 Å². The summed E-state index contributed by atoms with van der Waals surface area (Å²) in [5, 5.41) is 2.96. The van der Waals surface area contributed by atoms with Crippen LogP contribution < -0.4 is 11.1 Å². The number of nitrogens with one attached hydrogen (secondary N) is 1. The monoisotopic (exact) mass is 444 g/mol. The SMILES string of the molecule is CC(C)(C)NC(=O)c1cccc(-c2ccc3nc(Cc4ccc(F)cc4)c(C(N)=O)n3c2)c1. The van der Waals surface area contributed by atoms with Gasteiger partial charge < -0.3 is 11.1 Å². The fraction of sp³-hybridized carbons (Fsp3) is 0.192. The summed E-state index contributed by atoms with van der Waals surface area (Å²) in [5.41, 5.74) is 9.71. The molecule has 2 aromatic heterocycles. The van der Waals surface area contributed by atoms with E-state index in [0.29, 0.717) is 23.3 Å². The highest BCUT2D eigenvalue weighted by molar-refractivity contribution is 5.96. The van der Waals surface area contributed by atoms with Crippen molar-refractivity contribution < 1.29 is 14.0 Å². The number of hydrogen-bond donors (Lipinski definition) is 2. The van der Waals surface area contributed by atoms with E-state index in [0.717, 1.165) is 16.7 Å². The molecule has 0 radical (unpaired) electrons. The number of hydrogen-bond acceptors (Lipinski definition) is 3. The summed E-state index contributed by atoms with van der Waals surface area (Å²) in [6.45, 7) is 5.78. The molecule has 2 heterocycles. The normalized spacial score (nSPS) is 11.5. The maximum Gasteiger partial charge on any atom is 0.267 e. The van der Waals surface area contributed by atoms with E-state index in [1.807, 2.05) is 45.0 Å². The Labute approximate surface area is 191 Å². The molecule has 168 valence electrons. The predicted octanol–water partition coefficient (Wildman–Crippen LogP) is 4.36. The summed E-state index contributed by atoms with van der Waals surface area (Å²) < 4.78 is 14.9. The van der Waals surface area contributed by atoms with Crippen molar-refractivity contribution in [3.8, 4) is 11.1 Å². The Morgan fingerprint density at radius 2 is 1.76 bits per heavy atom. The van der Waals surface area contributed by atoms with Gasteiger partial charge in [0.1, 0.15) is 17.2 Å². The van der Waals surface area contributed by atoms with Crippen LogP contribution in [-0.2, 0) is 6.42 Å². The second-order valence-corrected chi connectivity index (χ2v) is 9.01. The van der Waals surface area contributed by atoms with Gasteiger partial charge in [-0.1, -0.05) is 24.3 Å². The van der Waals surface area contributed by atoms with Crippen LogP contribution in [0.3, 0.4) is 0 Å². The zero-order chi connectivity index (χ0) is 23.8. The highest BCUT2D eigenvalue weighted by Gasteiger charge is 2.19. The van der Waals surface area contributed by atoms with Crippen LogP contribution in [0.25, 0.3) is 16.8 Å². The van der Waals surface area contributed by atoms with Crippen molar-refractivity contribution in [1.82, 2.24) is 14.7 Å². The molecule has 0 unspecified atom stereocenters. The summed E-state index contributed by atoms with van der Waals surface area (Å²) in [4.78, 5) is 29.5. The zero-order valence-corrected chi connectivity index (χ0v) is 18.7. The van der Waals surface area contributed by atoms with Crippen molar-refractivity contribution in [2.45, 2.75) is 32.7 Å². The van der Waals surface area contributed by atoms with Crippen LogP contribution in [0, 0.1) is 5.82 Å². The summed E-state index contributed by atoms with van der Waals surface area (Å²) in [7, 11) is 0. The number of imidazole rings is 1. The van der Waals surface area contributed by atoms with Gasteiger partial charge in [0.05, 0.1) is 5.69 Å². The quantitative estimate of drug-likeness (QED) is 0.479. The molecule has 0 aliphatic carbocycles. The van der Waals surface area contributed by atoms with Gasteiger partial charge in [-0.2, -0.15) is 0 Å². The highest BCUT2D eigenvalue weighted by Crippen LogP contribution is 2.24. The number of benzene rings is 2. The molecule has 0 bridgehead atoms. The number of aromatic nitrogens is 2. The first-order valence-electron chi connectivity index (χ1n) is 10.6. The molecule has 0 saturated heterocycles. The van der Waals surface area contributed by atoms with E-state index < -0.39 is 5.91 Å². The molecule has 4 rings (SSSR count). The Morgan fingerprint density at radius 3 is 2.42 bits per heavy atom. The van der Waals surface area contributed by atoms with Crippen molar-refractivity contribution in [2.24, 2.45) is 5.73 Å². The van der Waals surface area contributed by atoms with Crippen molar-refractivity contribution in [1.29, 1.82) is 0 Å². The third kappa shape index (κ3) is 4.92. The van der Waals surface area contributed by atoms with Gasteiger partial charge in [-0.05, 0) is 73.9 Å². The van der Waals surface area contributed by atoms with Crippen molar-refractivity contribution in [3.63, 3.8) is 0 Å². The number of primary amides is 1. The topological polar surface area (TPSA) is 89.5 Å². The van der Waals surface area contributed by atoms with E-state index in [4.69, 9.17) is 5.73 Å². The van der Waals surface area contributed by atoms with E-state index in [2.05, 4.69) is 10.3 Å². The maximum atomic E-state index is 13.2. The molecule has 2 aromatic carbocycles. The molecule has 4 aromatic rings. The van der Waals surface area contributed by atoms with Crippen LogP contribution >= 0.6 is 0 Å². The number of halogens is 1. The average Bonchev–Trinajstić information content (AvgIpc) is 3.11. The van der Waals surface area contributed by atoms with Crippen LogP contribution in [0.15, 0.2) is 66.9 Å². The number of carbonyl (C=O) groups is 2. The molecule has 0 spiro atoms. The first-order valence-corrected chi connectivity index (χ1v) is 10.6. The van der Waals surface area contributed by atoms with E-state index >= 15 is 0 Å². The number of carbonyl (C=O) groups excluding carboxylic acids is 2. The largest absolute Gasteiger partial charge is 0.364 e. The molecule has 33 heavy (non-hydrogen) atoms. The van der Waals surface area contributed by atoms with E-state index in [1.165, 1.54) is 12.1 Å². The minimum atomic E-state index is -0.602. The number of rotatable bonds is 5. The van der Waals surface area contributed by atoms with Crippen LogP contribution in [-0.4, -0.2) is 26.7 Å². The molecule has 6 nitrogen and oxygen atoms in total. The van der Waals surface area contributed by atoms with E-state index in [1.54, 1.807) is 34.9 Å². The van der Waals surface area contributed by atoms with Crippen molar-refractivity contribution >= 4 is 17.5 Å². The van der Waals surface area contributed by atoms with Crippen LogP contribution in [0.4, 0.5) is 4.39 Å². The first-order chi connectivity index (χ1) is 15.6. The van der Waals surface area contributed by atoms with Gasteiger partial charge >= 0.3 is 0 Å². The van der Waals surface area contributed by atoms with Gasteiger partial charge in [0, 0.05) is 23.7 Å². The van der Waals surface area contributed by atoms with Crippen molar-refractivity contribution in [3.05, 3.63) is 95.2 Å². The minimum absolute atomic E-state index is 0.160. The maximum absolute atomic E-state index is 13.2. The number of pyridine rings is 1. The second-order valence-electron chi connectivity index (χ2n) is 9.01. The lowest BCUT2D eigenvalue weighted by molar-refractivity contribution is 0.0918. The molecule has 7 heteroatoms. The van der Waals surface area contributed by atoms with Gasteiger partial charge in [-0.15, -0.1) is 0 Å². The van der Waals surface area contributed by atoms with Gasteiger partial charge in [-0.3, -0.25) is 14.0 Å².